The number of imidazole rings is 1. The van der Waals surface area contributed by atoms with E-state index in [4.69, 9.17) is 4.74 Å². The van der Waals surface area contributed by atoms with Crippen molar-refractivity contribution < 1.29 is 13.9 Å². The highest BCUT2D eigenvalue weighted by atomic mass is 19.1. The summed E-state index contributed by atoms with van der Waals surface area (Å²) in [6.45, 7) is 1.68. The van der Waals surface area contributed by atoms with E-state index < -0.39 is 0 Å². The average molecular weight is 468 g/mol. The fraction of sp³-hybridized carbons (Fsp3) is 0.172. The fourth-order valence-electron chi connectivity index (χ4n) is 4.27. The topological polar surface area (TPSA) is 47.4 Å². The summed E-state index contributed by atoms with van der Waals surface area (Å²) in [6, 6.07) is 26.1. The van der Waals surface area contributed by atoms with Crippen LogP contribution in [0.2, 0.25) is 0 Å². The molecule has 1 aliphatic rings. The number of nitrogens with zero attached hydrogens (tertiary/aromatic N) is 3. The Hall–Kier alpha value is -4.03. The molecule has 176 valence electrons. The van der Waals surface area contributed by atoms with E-state index in [0.29, 0.717) is 31.7 Å². The number of rotatable bonds is 7. The Bertz CT molecular complexity index is 1320. The molecule has 1 amide bonds. The van der Waals surface area contributed by atoms with E-state index in [-0.39, 0.29) is 18.5 Å². The lowest BCUT2D eigenvalue weighted by atomic mass is 10.1. The number of amides is 1. The van der Waals surface area contributed by atoms with Crippen molar-refractivity contribution in [3.8, 4) is 0 Å². The number of carbonyl (C=O) groups excluding carboxylic acids is 1. The van der Waals surface area contributed by atoms with Gasteiger partial charge in [-0.25, -0.2) is 9.37 Å². The maximum atomic E-state index is 13.8. The molecule has 2 heterocycles. The molecule has 3 aromatic carbocycles. The van der Waals surface area contributed by atoms with Gasteiger partial charge < -0.3 is 14.2 Å². The Morgan fingerprint density at radius 1 is 0.914 bits per heavy atom. The molecule has 0 saturated heterocycles. The molecule has 0 N–H and O–H groups in total. The van der Waals surface area contributed by atoms with Gasteiger partial charge in [-0.3, -0.25) is 4.79 Å². The minimum absolute atomic E-state index is 0.0817. The molecule has 0 radical (unpaired) electrons. The van der Waals surface area contributed by atoms with Crippen LogP contribution < -0.4 is 0 Å². The van der Waals surface area contributed by atoms with Gasteiger partial charge in [-0.05, 0) is 34.9 Å². The van der Waals surface area contributed by atoms with Crippen molar-refractivity contribution in [2.24, 2.45) is 0 Å². The number of carbonyl (C=O) groups is 1. The molecule has 1 aromatic heterocycles. The summed E-state index contributed by atoms with van der Waals surface area (Å²) >= 11 is 0. The second-order valence-corrected chi connectivity index (χ2v) is 8.54. The monoisotopic (exact) mass is 467 g/mol. The first-order chi connectivity index (χ1) is 17.2. The highest BCUT2D eigenvalue weighted by molar-refractivity contribution is 6.24. The zero-order valence-corrected chi connectivity index (χ0v) is 19.3. The van der Waals surface area contributed by atoms with E-state index in [2.05, 4.69) is 4.98 Å². The van der Waals surface area contributed by atoms with Crippen molar-refractivity contribution in [1.29, 1.82) is 0 Å². The van der Waals surface area contributed by atoms with Crippen LogP contribution in [0.4, 0.5) is 4.39 Å². The quantitative estimate of drug-likeness (QED) is 0.346. The Morgan fingerprint density at radius 2 is 1.63 bits per heavy atom. The normalized spacial score (nSPS) is 14.7. The van der Waals surface area contributed by atoms with Gasteiger partial charge in [0.1, 0.15) is 12.5 Å². The summed E-state index contributed by atoms with van der Waals surface area (Å²) in [7, 11) is 0. The number of fused-ring (bicyclic) bond motifs is 1. The highest BCUT2D eigenvalue weighted by Crippen LogP contribution is 2.29. The number of benzene rings is 3. The van der Waals surface area contributed by atoms with Gasteiger partial charge in [-0.15, -0.1) is 0 Å². The van der Waals surface area contributed by atoms with Crippen LogP contribution in [-0.4, -0.2) is 26.9 Å². The van der Waals surface area contributed by atoms with Gasteiger partial charge in [0.25, 0.3) is 5.91 Å². The molecular weight excluding hydrogens is 441 g/mol. The van der Waals surface area contributed by atoms with Crippen molar-refractivity contribution >= 4 is 17.6 Å². The van der Waals surface area contributed by atoms with Gasteiger partial charge in [-0.1, -0.05) is 72.8 Å². The van der Waals surface area contributed by atoms with Crippen molar-refractivity contribution in [3.63, 3.8) is 0 Å². The van der Waals surface area contributed by atoms with E-state index in [1.54, 1.807) is 23.4 Å². The second kappa shape index (κ2) is 10.5. The molecular formula is C29H26FN3O2. The molecule has 4 aromatic rings. The SMILES string of the molecule is O=C1/C(=C\c2ccccc2)c2c(ncn2COCc2ccccc2)CCN1Cc1ccc(F)cc1. The standard InChI is InChI=1S/C29H26FN3O2/c30-25-13-11-23(12-14-25)18-32-16-15-27-28(26(29(32)34)17-22-7-3-1-4-8-22)33(20-31-27)21-35-19-24-9-5-2-6-10-24/h1-14,17,20H,15-16,18-19,21H2/b26-17-. The number of ether oxygens (including phenoxy) is 1. The van der Waals surface area contributed by atoms with E-state index in [0.717, 1.165) is 28.1 Å². The summed E-state index contributed by atoms with van der Waals surface area (Å²) in [5, 5.41) is 0. The molecule has 5 rings (SSSR count). The van der Waals surface area contributed by atoms with Crippen molar-refractivity contribution in [2.75, 3.05) is 6.54 Å². The lowest BCUT2D eigenvalue weighted by molar-refractivity contribution is -0.125. The van der Waals surface area contributed by atoms with Gasteiger partial charge in [0, 0.05) is 19.5 Å². The Balaban J connectivity index is 1.45. The van der Waals surface area contributed by atoms with Crippen LogP contribution in [0.15, 0.2) is 91.3 Å². The summed E-state index contributed by atoms with van der Waals surface area (Å²) < 4.78 is 21.3. The first-order valence-electron chi connectivity index (χ1n) is 11.6. The second-order valence-electron chi connectivity index (χ2n) is 8.54. The van der Waals surface area contributed by atoms with E-state index >= 15 is 0 Å². The Labute approximate surface area is 204 Å². The first kappa shape index (κ1) is 22.7. The Morgan fingerprint density at radius 3 is 2.37 bits per heavy atom. The minimum Gasteiger partial charge on any atom is -0.356 e. The van der Waals surface area contributed by atoms with Gasteiger partial charge in [0.2, 0.25) is 0 Å². The highest BCUT2D eigenvalue weighted by Gasteiger charge is 2.29. The molecule has 5 nitrogen and oxygen atoms in total. The summed E-state index contributed by atoms with van der Waals surface area (Å²) in [4.78, 5) is 20.3. The van der Waals surface area contributed by atoms with E-state index in [1.807, 2.05) is 71.3 Å². The smallest absolute Gasteiger partial charge is 0.256 e. The van der Waals surface area contributed by atoms with Gasteiger partial charge >= 0.3 is 0 Å². The summed E-state index contributed by atoms with van der Waals surface area (Å²) in [5.74, 6) is -0.372. The zero-order valence-electron chi connectivity index (χ0n) is 19.3. The molecule has 1 aliphatic heterocycles. The third kappa shape index (κ3) is 5.39. The van der Waals surface area contributed by atoms with Crippen LogP contribution in [0.5, 0.6) is 0 Å². The molecule has 0 atom stereocenters. The molecule has 0 unspecified atom stereocenters. The Kier molecular flexibility index (Phi) is 6.82. The molecule has 0 aliphatic carbocycles. The third-order valence-corrected chi connectivity index (χ3v) is 6.04. The molecule has 0 spiro atoms. The first-order valence-corrected chi connectivity index (χ1v) is 11.6. The van der Waals surface area contributed by atoms with Crippen LogP contribution in [-0.2, 0) is 35.8 Å². The minimum atomic E-state index is -0.290. The van der Waals surface area contributed by atoms with Crippen molar-refractivity contribution in [3.05, 3.63) is 125 Å². The van der Waals surface area contributed by atoms with E-state index in [9.17, 15) is 9.18 Å². The molecule has 0 saturated carbocycles. The number of hydrogen-bond donors (Lipinski definition) is 0. The molecule has 0 bridgehead atoms. The van der Waals surface area contributed by atoms with Crippen molar-refractivity contribution in [2.45, 2.75) is 26.3 Å². The summed E-state index contributed by atoms with van der Waals surface area (Å²) in [6.07, 6.45) is 4.29. The van der Waals surface area contributed by atoms with Crippen molar-refractivity contribution in [1.82, 2.24) is 14.5 Å². The molecule has 35 heavy (non-hydrogen) atoms. The van der Waals surface area contributed by atoms with E-state index in [1.165, 1.54) is 12.1 Å². The molecule has 0 fully saturated rings. The van der Waals surface area contributed by atoms with Gasteiger partial charge in [-0.2, -0.15) is 0 Å². The zero-order chi connectivity index (χ0) is 24.0. The maximum Gasteiger partial charge on any atom is 0.256 e. The lowest BCUT2D eigenvalue weighted by Crippen LogP contribution is -2.31. The predicted octanol–water partition coefficient (Wildman–Crippen LogP) is 5.32. The number of hydrogen-bond acceptors (Lipinski definition) is 3. The van der Waals surface area contributed by atoms with Crippen LogP contribution >= 0.6 is 0 Å². The number of halogens is 1. The van der Waals surface area contributed by atoms with Gasteiger partial charge in [0.05, 0.1) is 29.9 Å². The van der Waals surface area contributed by atoms with Crippen LogP contribution in [0, 0.1) is 5.82 Å². The average Bonchev–Trinajstić information content (AvgIpc) is 3.24. The maximum absolute atomic E-state index is 13.8. The van der Waals surface area contributed by atoms with Crippen LogP contribution in [0.25, 0.3) is 11.6 Å². The summed E-state index contributed by atoms with van der Waals surface area (Å²) in [5.41, 5.74) is 5.13. The molecule has 6 heteroatoms. The lowest BCUT2D eigenvalue weighted by Gasteiger charge is -2.22. The van der Waals surface area contributed by atoms with Gasteiger partial charge in [0.15, 0.2) is 0 Å². The predicted molar refractivity (Wildman–Crippen MR) is 133 cm³/mol. The number of aromatic nitrogens is 2. The van der Waals surface area contributed by atoms with Crippen LogP contribution in [0.1, 0.15) is 28.1 Å². The van der Waals surface area contributed by atoms with Crippen LogP contribution in [0.3, 0.4) is 0 Å². The fourth-order valence-corrected chi connectivity index (χ4v) is 4.27. The largest absolute Gasteiger partial charge is 0.356 e. The third-order valence-electron chi connectivity index (χ3n) is 6.04.